The predicted molar refractivity (Wildman–Crippen MR) is 122 cm³/mol. The number of nitro groups is 1. The van der Waals surface area contributed by atoms with E-state index in [1.54, 1.807) is 29.6 Å². The first-order valence-electron chi connectivity index (χ1n) is 9.40. The molecule has 0 bridgehead atoms. The smallest absolute Gasteiger partial charge is 0.269 e. The third-order valence-electron chi connectivity index (χ3n) is 4.44. The number of anilines is 1. The Hall–Kier alpha value is -4.67. The quantitative estimate of drug-likeness (QED) is 0.223. The molecule has 10 heteroatoms. The van der Waals surface area contributed by atoms with Crippen LogP contribution in [-0.2, 0) is 11.4 Å². The van der Waals surface area contributed by atoms with Gasteiger partial charge in [-0.05, 0) is 47.4 Å². The van der Waals surface area contributed by atoms with Gasteiger partial charge in [0.15, 0.2) is 0 Å². The highest BCUT2D eigenvalue weighted by molar-refractivity contribution is 7.14. The maximum Gasteiger partial charge on any atom is 0.269 e. The largest absolute Gasteiger partial charge is 0.496 e. The van der Waals surface area contributed by atoms with E-state index in [0.29, 0.717) is 33.2 Å². The van der Waals surface area contributed by atoms with Crippen molar-refractivity contribution in [2.45, 2.75) is 6.61 Å². The summed E-state index contributed by atoms with van der Waals surface area (Å²) in [5.74, 6) is 0.343. The highest BCUT2D eigenvalue weighted by Crippen LogP contribution is 2.26. The first kappa shape index (κ1) is 23.0. The molecule has 0 radical (unpaired) electrons. The fourth-order valence-electron chi connectivity index (χ4n) is 2.81. The number of nitriles is 2. The second-order valence-corrected chi connectivity index (χ2v) is 7.43. The number of amides is 1. The zero-order chi connectivity index (χ0) is 23.8. The average Bonchev–Trinajstić information content (AvgIpc) is 3.28. The Labute approximate surface area is 192 Å². The number of methoxy groups -OCH3 is 1. The van der Waals surface area contributed by atoms with Crippen molar-refractivity contribution in [2.75, 3.05) is 12.4 Å². The van der Waals surface area contributed by atoms with Crippen molar-refractivity contribution in [3.63, 3.8) is 0 Å². The second kappa shape index (κ2) is 10.6. The van der Waals surface area contributed by atoms with Crippen LogP contribution in [0.3, 0.4) is 0 Å². The normalized spacial score (nSPS) is 10.6. The average molecular weight is 460 g/mol. The van der Waals surface area contributed by atoms with E-state index in [2.05, 4.69) is 5.32 Å². The lowest BCUT2D eigenvalue weighted by Crippen LogP contribution is -2.13. The molecule has 9 nitrogen and oxygen atoms in total. The van der Waals surface area contributed by atoms with Crippen LogP contribution in [0.5, 0.6) is 11.5 Å². The molecule has 0 aliphatic heterocycles. The summed E-state index contributed by atoms with van der Waals surface area (Å²) in [5, 5.41) is 33.9. The van der Waals surface area contributed by atoms with Gasteiger partial charge in [0.1, 0.15) is 40.8 Å². The van der Waals surface area contributed by atoms with Crippen LogP contribution in [0.25, 0.3) is 6.08 Å². The molecule has 1 heterocycles. The molecule has 1 amide bonds. The molecular weight excluding hydrogens is 444 g/mol. The highest BCUT2D eigenvalue weighted by Gasteiger charge is 2.14. The van der Waals surface area contributed by atoms with E-state index in [1.165, 1.54) is 48.8 Å². The molecule has 0 fully saturated rings. The Morgan fingerprint density at radius 1 is 1.21 bits per heavy atom. The number of thiophene rings is 1. The molecule has 0 spiro atoms. The molecule has 1 aromatic heterocycles. The van der Waals surface area contributed by atoms with E-state index in [0.717, 1.165) is 0 Å². The second-order valence-electron chi connectivity index (χ2n) is 6.51. The number of ether oxygens (including phenoxy) is 2. The summed E-state index contributed by atoms with van der Waals surface area (Å²) >= 11 is 1.19. The number of rotatable bonds is 8. The molecule has 0 aliphatic rings. The molecule has 3 rings (SSSR count). The monoisotopic (exact) mass is 460 g/mol. The van der Waals surface area contributed by atoms with Crippen molar-refractivity contribution in [3.05, 3.63) is 86.3 Å². The van der Waals surface area contributed by atoms with Gasteiger partial charge in [0.25, 0.3) is 11.6 Å². The van der Waals surface area contributed by atoms with Crippen molar-refractivity contribution in [2.24, 2.45) is 0 Å². The van der Waals surface area contributed by atoms with Crippen LogP contribution in [-0.4, -0.2) is 17.9 Å². The zero-order valence-electron chi connectivity index (χ0n) is 17.3. The number of nitro benzene ring substituents is 1. The van der Waals surface area contributed by atoms with Crippen molar-refractivity contribution >= 4 is 34.0 Å². The van der Waals surface area contributed by atoms with Crippen molar-refractivity contribution in [1.82, 2.24) is 0 Å². The molecular formula is C23H16N4O5S. The minimum absolute atomic E-state index is 0.0428. The standard InChI is InChI=1S/C23H16N4O5S/c1-31-21-7-2-15(10-17(13-25)22(28)26-23-16(12-24)8-9-33-23)11-18(21)14-32-20-5-3-19(4-6-20)27(29)30/h2-11H,14H2,1H3,(H,26,28). The summed E-state index contributed by atoms with van der Waals surface area (Å²) in [6.07, 6.45) is 1.42. The molecule has 0 aliphatic carbocycles. The Morgan fingerprint density at radius 3 is 2.61 bits per heavy atom. The summed E-state index contributed by atoms with van der Waals surface area (Å²) in [6, 6.07) is 16.2. The van der Waals surface area contributed by atoms with E-state index < -0.39 is 10.8 Å². The zero-order valence-corrected chi connectivity index (χ0v) is 18.1. The number of hydrogen-bond acceptors (Lipinski definition) is 8. The minimum Gasteiger partial charge on any atom is -0.496 e. The van der Waals surface area contributed by atoms with Crippen LogP contribution in [0.15, 0.2) is 59.5 Å². The fourth-order valence-corrected chi connectivity index (χ4v) is 3.54. The lowest BCUT2D eigenvalue weighted by Gasteiger charge is -2.11. The molecule has 3 aromatic rings. The Balaban J connectivity index is 1.79. The molecule has 1 N–H and O–H groups in total. The van der Waals surface area contributed by atoms with Gasteiger partial charge in [0.2, 0.25) is 0 Å². The third-order valence-corrected chi connectivity index (χ3v) is 5.26. The summed E-state index contributed by atoms with van der Waals surface area (Å²) < 4.78 is 11.1. The third kappa shape index (κ3) is 5.73. The predicted octanol–water partition coefficient (Wildman–Crippen LogP) is 4.66. The van der Waals surface area contributed by atoms with E-state index in [-0.39, 0.29) is 17.9 Å². The van der Waals surface area contributed by atoms with Crippen LogP contribution >= 0.6 is 11.3 Å². The van der Waals surface area contributed by atoms with Gasteiger partial charge in [-0.15, -0.1) is 11.3 Å². The number of carbonyl (C=O) groups excluding carboxylic acids is 1. The molecule has 2 aromatic carbocycles. The van der Waals surface area contributed by atoms with Gasteiger partial charge in [-0.25, -0.2) is 0 Å². The fraction of sp³-hybridized carbons (Fsp3) is 0.0870. The van der Waals surface area contributed by atoms with Crippen LogP contribution < -0.4 is 14.8 Å². The number of non-ortho nitro benzene ring substituents is 1. The molecule has 0 unspecified atom stereocenters. The number of nitrogens with one attached hydrogen (secondary N) is 1. The van der Waals surface area contributed by atoms with Crippen LogP contribution in [0.2, 0.25) is 0 Å². The summed E-state index contributed by atoms with van der Waals surface area (Å²) in [6.45, 7) is 0.0947. The molecule has 33 heavy (non-hydrogen) atoms. The van der Waals surface area contributed by atoms with Crippen molar-refractivity contribution in [1.29, 1.82) is 10.5 Å². The molecule has 0 saturated heterocycles. The van der Waals surface area contributed by atoms with Crippen molar-refractivity contribution < 1.29 is 19.2 Å². The lowest BCUT2D eigenvalue weighted by molar-refractivity contribution is -0.384. The topological polar surface area (TPSA) is 138 Å². The van der Waals surface area contributed by atoms with Gasteiger partial charge in [-0.1, -0.05) is 6.07 Å². The SMILES string of the molecule is COc1ccc(C=C(C#N)C(=O)Nc2sccc2C#N)cc1COc1ccc([N+](=O)[O-])cc1. The molecule has 164 valence electrons. The Morgan fingerprint density at radius 2 is 1.97 bits per heavy atom. The van der Waals surface area contributed by atoms with E-state index in [4.69, 9.17) is 14.7 Å². The van der Waals surface area contributed by atoms with Gasteiger partial charge in [0.05, 0.1) is 17.6 Å². The van der Waals surface area contributed by atoms with Gasteiger partial charge >= 0.3 is 0 Å². The number of carbonyl (C=O) groups is 1. The first-order valence-corrected chi connectivity index (χ1v) is 10.3. The minimum atomic E-state index is -0.629. The summed E-state index contributed by atoms with van der Waals surface area (Å²) in [5.41, 5.74) is 1.35. The number of hydrogen-bond donors (Lipinski definition) is 1. The summed E-state index contributed by atoms with van der Waals surface area (Å²) in [4.78, 5) is 22.8. The maximum atomic E-state index is 12.5. The van der Waals surface area contributed by atoms with Gasteiger partial charge in [0, 0.05) is 17.7 Å². The van der Waals surface area contributed by atoms with Gasteiger partial charge < -0.3 is 14.8 Å². The maximum absolute atomic E-state index is 12.5. The first-order chi connectivity index (χ1) is 15.9. The van der Waals surface area contributed by atoms with Gasteiger partial charge in [-0.2, -0.15) is 10.5 Å². The molecule has 0 atom stereocenters. The number of benzene rings is 2. The molecule has 0 saturated carbocycles. The highest BCUT2D eigenvalue weighted by atomic mass is 32.1. The van der Waals surface area contributed by atoms with E-state index in [9.17, 15) is 20.2 Å². The Bertz CT molecular complexity index is 1300. The van der Waals surface area contributed by atoms with Gasteiger partial charge in [-0.3, -0.25) is 14.9 Å². The van der Waals surface area contributed by atoms with Crippen LogP contribution in [0.4, 0.5) is 10.7 Å². The van der Waals surface area contributed by atoms with E-state index in [1.807, 2.05) is 12.1 Å². The summed E-state index contributed by atoms with van der Waals surface area (Å²) in [7, 11) is 1.50. The lowest BCUT2D eigenvalue weighted by atomic mass is 10.1. The van der Waals surface area contributed by atoms with Crippen molar-refractivity contribution in [3.8, 4) is 23.6 Å². The van der Waals surface area contributed by atoms with Crippen LogP contribution in [0, 0.1) is 32.8 Å². The van der Waals surface area contributed by atoms with E-state index >= 15 is 0 Å². The number of nitrogens with zero attached hydrogens (tertiary/aromatic N) is 3. The Kier molecular flexibility index (Phi) is 7.37. The van der Waals surface area contributed by atoms with Crippen LogP contribution in [0.1, 0.15) is 16.7 Å².